The SMILES string of the molecule is C[C@@]1(C(=O)O)CC2(C[N+]1(Cc1ccccc1)C(=O)[O-])SCCS2. The first-order valence-electron chi connectivity index (χ1n) is 7.48. The van der Waals surface area contributed by atoms with Crippen LogP contribution in [0.25, 0.3) is 0 Å². The van der Waals surface area contributed by atoms with Gasteiger partial charge in [0, 0.05) is 30.4 Å². The van der Waals surface area contributed by atoms with E-state index in [1.807, 2.05) is 30.3 Å². The normalized spacial score (nSPS) is 32.2. The number of carbonyl (C=O) groups is 2. The predicted molar refractivity (Wildman–Crippen MR) is 89.0 cm³/mol. The molecule has 5 nitrogen and oxygen atoms in total. The van der Waals surface area contributed by atoms with Crippen molar-refractivity contribution in [2.24, 2.45) is 0 Å². The van der Waals surface area contributed by atoms with Gasteiger partial charge in [0.25, 0.3) is 6.09 Å². The molecule has 2 atom stereocenters. The van der Waals surface area contributed by atoms with Crippen molar-refractivity contribution in [2.75, 3.05) is 18.1 Å². The number of likely N-dealkylation sites (tertiary alicyclic amines) is 1. The van der Waals surface area contributed by atoms with Gasteiger partial charge in [-0.3, -0.25) is 4.48 Å². The molecule has 0 radical (unpaired) electrons. The van der Waals surface area contributed by atoms with Crippen molar-refractivity contribution in [2.45, 2.75) is 29.5 Å². The highest BCUT2D eigenvalue weighted by atomic mass is 32.2. The van der Waals surface area contributed by atoms with Gasteiger partial charge < -0.3 is 15.0 Å². The Labute approximate surface area is 143 Å². The van der Waals surface area contributed by atoms with Crippen LogP contribution in [0.4, 0.5) is 4.79 Å². The van der Waals surface area contributed by atoms with Crippen molar-refractivity contribution in [3.8, 4) is 0 Å². The van der Waals surface area contributed by atoms with E-state index in [1.54, 1.807) is 30.4 Å². The van der Waals surface area contributed by atoms with Gasteiger partial charge in [-0.2, -0.15) is 0 Å². The van der Waals surface area contributed by atoms with Gasteiger partial charge in [0.2, 0.25) is 5.54 Å². The minimum atomic E-state index is -1.39. The third-order valence-electron chi connectivity index (χ3n) is 4.99. The van der Waals surface area contributed by atoms with E-state index in [1.165, 1.54) is 0 Å². The van der Waals surface area contributed by atoms with Crippen LogP contribution in [-0.4, -0.2) is 49.3 Å². The topological polar surface area (TPSA) is 77.4 Å². The van der Waals surface area contributed by atoms with Crippen LogP contribution in [0.15, 0.2) is 30.3 Å². The van der Waals surface area contributed by atoms with E-state index < -0.39 is 22.1 Å². The van der Waals surface area contributed by atoms with Crippen molar-refractivity contribution < 1.29 is 24.3 Å². The van der Waals surface area contributed by atoms with Gasteiger partial charge in [-0.25, -0.2) is 4.79 Å². The molecule has 2 aliphatic rings. The largest absolute Gasteiger partial charge is 0.498 e. The van der Waals surface area contributed by atoms with Crippen LogP contribution in [0.1, 0.15) is 18.9 Å². The van der Waals surface area contributed by atoms with Crippen LogP contribution >= 0.6 is 23.5 Å². The number of hydrogen-bond donors (Lipinski definition) is 1. The molecule has 0 saturated carbocycles. The molecule has 3 rings (SSSR count). The fourth-order valence-electron chi connectivity index (χ4n) is 3.72. The molecule has 1 amide bonds. The number of aliphatic carboxylic acids is 1. The van der Waals surface area contributed by atoms with Crippen molar-refractivity contribution in [3.05, 3.63) is 35.9 Å². The Hall–Kier alpha value is -1.18. The molecule has 2 saturated heterocycles. The summed E-state index contributed by atoms with van der Waals surface area (Å²) in [6.45, 7) is 1.97. The highest BCUT2D eigenvalue weighted by molar-refractivity contribution is 8.21. The lowest BCUT2D eigenvalue weighted by Gasteiger charge is -2.43. The summed E-state index contributed by atoms with van der Waals surface area (Å²) in [7, 11) is 0. The summed E-state index contributed by atoms with van der Waals surface area (Å²) in [4.78, 5) is 24.2. The van der Waals surface area contributed by atoms with Crippen LogP contribution < -0.4 is 5.11 Å². The Morgan fingerprint density at radius 1 is 1.26 bits per heavy atom. The van der Waals surface area contributed by atoms with Crippen molar-refractivity contribution in [3.63, 3.8) is 0 Å². The van der Waals surface area contributed by atoms with E-state index in [4.69, 9.17) is 0 Å². The average Bonchev–Trinajstić information content (AvgIpc) is 3.04. The highest BCUT2D eigenvalue weighted by Gasteiger charge is 2.68. The molecule has 1 spiro atoms. The predicted octanol–water partition coefficient (Wildman–Crippen LogP) is 1.77. The second kappa shape index (κ2) is 5.72. The minimum absolute atomic E-state index is 0.134. The summed E-state index contributed by atoms with van der Waals surface area (Å²) in [6.07, 6.45) is -0.963. The van der Waals surface area contributed by atoms with Crippen LogP contribution in [-0.2, 0) is 11.3 Å². The molecule has 0 aromatic heterocycles. The van der Waals surface area contributed by atoms with Crippen LogP contribution in [0, 0.1) is 0 Å². The first-order valence-corrected chi connectivity index (χ1v) is 9.45. The monoisotopic (exact) mass is 353 g/mol. The van der Waals surface area contributed by atoms with Crippen LogP contribution in [0.2, 0.25) is 0 Å². The molecule has 1 N–H and O–H groups in total. The van der Waals surface area contributed by atoms with Gasteiger partial charge >= 0.3 is 5.97 Å². The molecular formula is C16H19NO4S2. The second-order valence-corrected chi connectivity index (χ2v) is 9.61. The van der Waals surface area contributed by atoms with Gasteiger partial charge in [0.15, 0.2) is 0 Å². The number of amides is 1. The lowest BCUT2D eigenvalue weighted by atomic mass is 9.95. The molecule has 124 valence electrons. The maximum Gasteiger partial charge on any atom is 0.366 e. The molecule has 2 heterocycles. The fraction of sp³-hybridized carbons (Fsp3) is 0.500. The molecule has 23 heavy (non-hydrogen) atoms. The van der Waals surface area contributed by atoms with Gasteiger partial charge in [0.1, 0.15) is 17.2 Å². The van der Waals surface area contributed by atoms with Crippen molar-refractivity contribution in [1.29, 1.82) is 0 Å². The maximum absolute atomic E-state index is 12.2. The smallest absolute Gasteiger partial charge is 0.366 e. The van der Waals surface area contributed by atoms with E-state index in [-0.39, 0.29) is 17.2 Å². The summed E-state index contributed by atoms with van der Waals surface area (Å²) in [5.41, 5.74) is -0.576. The number of nitrogens with zero attached hydrogens (tertiary/aromatic N) is 1. The molecule has 0 aliphatic carbocycles. The third kappa shape index (κ3) is 2.55. The van der Waals surface area contributed by atoms with Crippen LogP contribution in [0.5, 0.6) is 0 Å². The molecule has 7 heteroatoms. The fourth-order valence-corrected chi connectivity index (χ4v) is 7.36. The number of thioether (sulfide) groups is 2. The Kier molecular flexibility index (Phi) is 4.14. The molecule has 1 aromatic carbocycles. The summed E-state index contributed by atoms with van der Waals surface area (Å²) in [6, 6.07) is 9.21. The summed E-state index contributed by atoms with van der Waals surface area (Å²) >= 11 is 3.39. The Balaban J connectivity index is 2.08. The molecule has 0 bridgehead atoms. The first-order chi connectivity index (χ1) is 10.8. The number of quaternary nitrogens is 1. The zero-order chi connectivity index (χ0) is 16.7. The summed E-state index contributed by atoms with van der Waals surface area (Å²) in [5.74, 6) is 0.792. The first kappa shape index (κ1) is 16.7. The summed E-state index contributed by atoms with van der Waals surface area (Å²) in [5, 5.41) is 22.0. The number of hydrogen-bond acceptors (Lipinski definition) is 5. The van der Waals surface area contributed by atoms with Gasteiger partial charge in [0.05, 0.1) is 0 Å². The van der Waals surface area contributed by atoms with Crippen molar-refractivity contribution in [1.82, 2.24) is 0 Å². The lowest BCUT2D eigenvalue weighted by Crippen LogP contribution is -2.69. The van der Waals surface area contributed by atoms with Crippen molar-refractivity contribution >= 4 is 35.6 Å². The zero-order valence-corrected chi connectivity index (χ0v) is 14.5. The molecule has 2 fully saturated rings. The second-order valence-electron chi connectivity index (χ2n) is 6.40. The van der Waals surface area contributed by atoms with Gasteiger partial charge in [-0.05, 0) is 0 Å². The lowest BCUT2D eigenvalue weighted by molar-refractivity contribution is -0.914. The van der Waals surface area contributed by atoms with E-state index in [0.717, 1.165) is 17.1 Å². The van der Waals surface area contributed by atoms with E-state index in [2.05, 4.69) is 0 Å². The maximum atomic E-state index is 12.2. The number of carboxylic acid groups (broad SMARTS) is 2. The molecule has 2 aliphatic heterocycles. The number of carbonyl (C=O) groups excluding carboxylic acids is 1. The van der Waals surface area contributed by atoms with Gasteiger partial charge in [-0.1, -0.05) is 30.3 Å². The third-order valence-corrected chi connectivity index (χ3v) is 8.37. The van der Waals surface area contributed by atoms with E-state index >= 15 is 0 Å². The Bertz CT molecular complexity index is 632. The minimum Gasteiger partial charge on any atom is -0.498 e. The summed E-state index contributed by atoms with van der Waals surface area (Å²) < 4.78 is -0.895. The van der Waals surface area contributed by atoms with Gasteiger partial charge in [-0.15, -0.1) is 23.5 Å². The Morgan fingerprint density at radius 2 is 1.87 bits per heavy atom. The number of carboxylic acids is 1. The average molecular weight is 353 g/mol. The zero-order valence-electron chi connectivity index (χ0n) is 12.9. The highest BCUT2D eigenvalue weighted by Crippen LogP contribution is 2.58. The molecular weight excluding hydrogens is 334 g/mol. The quantitative estimate of drug-likeness (QED) is 0.835. The van der Waals surface area contributed by atoms with Crippen LogP contribution in [0.3, 0.4) is 0 Å². The Morgan fingerprint density at radius 3 is 2.39 bits per heavy atom. The van der Waals surface area contributed by atoms with E-state index in [0.29, 0.717) is 6.42 Å². The number of rotatable bonds is 3. The molecule has 1 aromatic rings. The van der Waals surface area contributed by atoms with E-state index in [9.17, 15) is 19.8 Å². The standard InChI is InChI=1S/C16H19NO4S2/c1-15(13(18)19)10-16(22-7-8-23-16)11-17(15,14(20)21)9-12-5-3-2-4-6-12/h2-6H,7-11H2,1H3,(H-,18,19,20,21)/t15-,17?/m0/s1. The number of benzene rings is 1. The molecule has 1 unspecified atom stereocenters.